The van der Waals surface area contributed by atoms with E-state index in [0.717, 1.165) is 12.8 Å². The van der Waals surface area contributed by atoms with Gasteiger partial charge in [0.25, 0.3) is 0 Å². The van der Waals surface area contributed by atoms with Gasteiger partial charge in [-0.3, -0.25) is 4.79 Å². The van der Waals surface area contributed by atoms with Gasteiger partial charge in [-0.05, 0) is 30.9 Å². The molecule has 0 aliphatic carbocycles. The van der Waals surface area contributed by atoms with Gasteiger partial charge in [0.15, 0.2) is 0 Å². The minimum Gasteiger partial charge on any atom is -0.467 e. The summed E-state index contributed by atoms with van der Waals surface area (Å²) in [5.41, 5.74) is 1.23. The monoisotopic (exact) mass is 291 g/mol. The summed E-state index contributed by atoms with van der Waals surface area (Å²) in [6.45, 7) is 0.659. The van der Waals surface area contributed by atoms with Gasteiger partial charge in [0.2, 0.25) is 5.91 Å². The fraction of sp³-hybridized carbons (Fsp3) is 0.467. The molecule has 0 radical (unpaired) electrons. The Hall–Kier alpha value is -1.49. The maximum Gasteiger partial charge on any atom is 0.328 e. The number of esters is 1. The first-order chi connectivity index (χ1) is 9.70. The van der Waals surface area contributed by atoms with Crippen LogP contribution in [0.4, 0.5) is 0 Å². The van der Waals surface area contributed by atoms with Crippen LogP contribution in [0.25, 0.3) is 0 Å². The molecule has 2 aliphatic rings. The number of fused-ring (bicyclic) bond motifs is 1. The summed E-state index contributed by atoms with van der Waals surface area (Å²) in [5.74, 6) is -0.226. The van der Waals surface area contributed by atoms with Crippen LogP contribution >= 0.6 is 11.8 Å². The van der Waals surface area contributed by atoms with Crippen LogP contribution in [0.15, 0.2) is 29.2 Å². The zero-order valence-corrected chi connectivity index (χ0v) is 12.2. The molecule has 0 N–H and O–H groups in total. The van der Waals surface area contributed by atoms with Gasteiger partial charge in [0, 0.05) is 11.4 Å². The molecule has 2 heterocycles. The van der Waals surface area contributed by atoms with Gasteiger partial charge in [-0.2, -0.15) is 0 Å². The highest BCUT2D eigenvalue weighted by molar-refractivity contribution is 8.01. The van der Waals surface area contributed by atoms with Gasteiger partial charge in [-0.25, -0.2) is 4.79 Å². The van der Waals surface area contributed by atoms with Crippen LogP contribution in [0, 0.1) is 0 Å². The Morgan fingerprint density at radius 3 is 2.90 bits per heavy atom. The molecule has 20 heavy (non-hydrogen) atoms. The first-order valence-corrected chi connectivity index (χ1v) is 7.71. The van der Waals surface area contributed by atoms with Crippen LogP contribution in [0.5, 0.6) is 0 Å². The molecule has 1 saturated heterocycles. The Balaban J connectivity index is 1.73. The Bertz CT molecular complexity index is 521. The van der Waals surface area contributed by atoms with Crippen LogP contribution in [-0.4, -0.2) is 41.7 Å². The summed E-state index contributed by atoms with van der Waals surface area (Å²) in [6.07, 6.45) is 2.34. The molecule has 2 aliphatic heterocycles. The molecule has 0 spiro atoms. The van der Waals surface area contributed by atoms with E-state index in [-0.39, 0.29) is 17.1 Å². The highest BCUT2D eigenvalue weighted by Crippen LogP contribution is 2.38. The fourth-order valence-electron chi connectivity index (χ4n) is 2.92. The number of carbonyl (C=O) groups is 2. The molecule has 1 aromatic rings. The van der Waals surface area contributed by atoms with E-state index in [1.807, 2.05) is 12.1 Å². The van der Waals surface area contributed by atoms with Gasteiger partial charge in [-0.15, -0.1) is 11.8 Å². The lowest BCUT2D eigenvalue weighted by molar-refractivity contribution is -0.150. The lowest BCUT2D eigenvalue weighted by Gasteiger charge is -2.25. The van der Waals surface area contributed by atoms with E-state index in [0.29, 0.717) is 13.0 Å². The maximum absolute atomic E-state index is 12.6. The molecule has 1 fully saturated rings. The molecular weight excluding hydrogens is 274 g/mol. The predicted molar refractivity (Wildman–Crippen MR) is 76.5 cm³/mol. The zero-order valence-electron chi connectivity index (χ0n) is 11.4. The van der Waals surface area contributed by atoms with Crippen molar-refractivity contribution in [1.29, 1.82) is 0 Å². The van der Waals surface area contributed by atoms with Crippen molar-refractivity contribution >= 4 is 23.6 Å². The average molecular weight is 291 g/mol. The van der Waals surface area contributed by atoms with Crippen molar-refractivity contribution in [1.82, 2.24) is 4.90 Å². The van der Waals surface area contributed by atoms with Gasteiger partial charge in [0.1, 0.15) is 6.04 Å². The van der Waals surface area contributed by atoms with E-state index in [2.05, 4.69) is 12.1 Å². The lowest BCUT2D eigenvalue weighted by Crippen LogP contribution is -2.45. The van der Waals surface area contributed by atoms with Crippen molar-refractivity contribution in [3.63, 3.8) is 0 Å². The number of nitrogens with zero attached hydrogens (tertiary/aromatic N) is 1. The smallest absolute Gasteiger partial charge is 0.328 e. The number of methoxy groups -OCH3 is 1. The molecule has 4 nitrogen and oxygen atoms in total. The summed E-state index contributed by atoms with van der Waals surface area (Å²) in [4.78, 5) is 27.3. The maximum atomic E-state index is 12.6. The fourth-order valence-corrected chi connectivity index (χ4v) is 4.18. The number of thioether (sulfide) groups is 1. The molecule has 0 bridgehead atoms. The average Bonchev–Trinajstić information content (AvgIpc) is 3.11. The van der Waals surface area contributed by atoms with Gasteiger partial charge < -0.3 is 9.64 Å². The molecule has 0 aromatic heterocycles. The summed E-state index contributed by atoms with van der Waals surface area (Å²) in [6, 6.07) is 7.72. The van der Waals surface area contributed by atoms with Gasteiger partial charge >= 0.3 is 5.97 Å². The Morgan fingerprint density at radius 1 is 1.35 bits per heavy atom. The summed E-state index contributed by atoms with van der Waals surface area (Å²) < 4.78 is 4.80. The molecular formula is C15H17NO3S. The number of benzene rings is 1. The number of rotatable bonds is 2. The van der Waals surface area contributed by atoms with Crippen molar-refractivity contribution in [2.45, 2.75) is 35.4 Å². The van der Waals surface area contributed by atoms with E-state index in [1.165, 1.54) is 17.6 Å². The van der Waals surface area contributed by atoms with E-state index < -0.39 is 6.04 Å². The van der Waals surface area contributed by atoms with Crippen LogP contribution in [0.2, 0.25) is 0 Å². The Kier molecular flexibility index (Phi) is 3.70. The minimum absolute atomic E-state index is 0.0686. The topological polar surface area (TPSA) is 46.6 Å². The SMILES string of the molecule is COC(=O)C1CCCN1C(=O)C1Cc2ccccc2S1. The normalized spacial score (nSPS) is 24.6. The molecule has 2 atom stereocenters. The highest BCUT2D eigenvalue weighted by atomic mass is 32.2. The Morgan fingerprint density at radius 2 is 2.15 bits per heavy atom. The molecule has 1 aromatic carbocycles. The molecule has 0 saturated carbocycles. The van der Waals surface area contributed by atoms with E-state index in [1.54, 1.807) is 16.7 Å². The van der Waals surface area contributed by atoms with Crippen molar-refractivity contribution in [3.8, 4) is 0 Å². The van der Waals surface area contributed by atoms with Crippen molar-refractivity contribution in [3.05, 3.63) is 29.8 Å². The summed E-state index contributed by atoms with van der Waals surface area (Å²) >= 11 is 1.61. The van der Waals surface area contributed by atoms with Crippen molar-refractivity contribution in [2.24, 2.45) is 0 Å². The van der Waals surface area contributed by atoms with Gasteiger partial charge in [-0.1, -0.05) is 18.2 Å². The molecule has 106 valence electrons. The zero-order chi connectivity index (χ0) is 14.1. The summed E-state index contributed by atoms with van der Waals surface area (Å²) in [7, 11) is 1.38. The van der Waals surface area contributed by atoms with Crippen LogP contribution in [0.1, 0.15) is 18.4 Å². The third kappa shape index (κ3) is 2.30. The van der Waals surface area contributed by atoms with E-state index in [4.69, 9.17) is 4.74 Å². The Labute approximate surface area is 122 Å². The van der Waals surface area contributed by atoms with Crippen LogP contribution in [0.3, 0.4) is 0 Å². The first kappa shape index (κ1) is 13.5. The molecule has 3 rings (SSSR count). The number of ether oxygens (including phenoxy) is 1. The minimum atomic E-state index is -0.392. The van der Waals surface area contributed by atoms with E-state index >= 15 is 0 Å². The highest BCUT2D eigenvalue weighted by Gasteiger charge is 2.39. The van der Waals surface area contributed by atoms with Crippen LogP contribution < -0.4 is 0 Å². The third-order valence-corrected chi connectivity index (χ3v) is 5.24. The number of amides is 1. The molecule has 1 amide bonds. The molecule has 5 heteroatoms. The second-order valence-electron chi connectivity index (χ2n) is 5.13. The number of carbonyl (C=O) groups excluding carboxylic acids is 2. The predicted octanol–water partition coefficient (Wildman–Crippen LogP) is 1.87. The quantitative estimate of drug-likeness (QED) is 0.780. The second-order valence-corrected chi connectivity index (χ2v) is 6.38. The first-order valence-electron chi connectivity index (χ1n) is 6.83. The second kappa shape index (κ2) is 5.48. The number of likely N-dealkylation sites (tertiary alicyclic amines) is 1. The van der Waals surface area contributed by atoms with Gasteiger partial charge in [0.05, 0.1) is 12.4 Å². The van der Waals surface area contributed by atoms with Crippen LogP contribution in [-0.2, 0) is 20.7 Å². The molecule has 2 unspecified atom stereocenters. The number of hydrogen-bond acceptors (Lipinski definition) is 4. The van der Waals surface area contributed by atoms with E-state index in [9.17, 15) is 9.59 Å². The largest absolute Gasteiger partial charge is 0.467 e. The lowest BCUT2D eigenvalue weighted by atomic mass is 10.1. The standard InChI is InChI=1S/C15H17NO3S/c1-19-15(18)11-6-4-8-16(11)14(17)13-9-10-5-2-3-7-12(10)20-13/h2-3,5,7,11,13H,4,6,8-9H2,1H3. The number of hydrogen-bond donors (Lipinski definition) is 0. The van der Waals surface area contributed by atoms with Crippen molar-refractivity contribution < 1.29 is 14.3 Å². The third-order valence-electron chi connectivity index (χ3n) is 3.93. The summed E-state index contributed by atoms with van der Waals surface area (Å²) in [5, 5.41) is -0.0994. The van der Waals surface area contributed by atoms with Crippen molar-refractivity contribution in [2.75, 3.05) is 13.7 Å².